The van der Waals surface area contributed by atoms with Crippen LogP contribution in [0, 0.1) is 12.8 Å². The first-order valence-corrected chi connectivity index (χ1v) is 8.50. The van der Waals surface area contributed by atoms with Crippen LogP contribution in [-0.4, -0.2) is 24.3 Å². The van der Waals surface area contributed by atoms with Crippen LogP contribution in [0.2, 0.25) is 0 Å². The lowest BCUT2D eigenvalue weighted by atomic mass is 10.1. The number of carbonyl (C=O) groups excluding carboxylic acids is 3. The molecule has 0 saturated carbocycles. The van der Waals surface area contributed by atoms with Gasteiger partial charge in [-0.3, -0.25) is 14.4 Å². The monoisotopic (exact) mass is 353 g/mol. The highest BCUT2D eigenvalue weighted by Crippen LogP contribution is 2.12. The maximum absolute atomic E-state index is 12.1. The Kier molecular flexibility index (Phi) is 6.67. The Morgan fingerprint density at radius 3 is 2.15 bits per heavy atom. The number of ether oxygens (including phenoxy) is 1. The predicted octanol–water partition coefficient (Wildman–Crippen LogP) is 3.56. The molecule has 2 aromatic rings. The molecule has 2 aromatic carbocycles. The molecule has 0 fully saturated rings. The standard InChI is InChI=1S/C21H23NO4/c1-14(2)21(25)22-18-10-8-17(9-11-18)19(23)13-26-20(24)12-16-6-4-15(3)5-7-16/h4-11,14H,12-13H2,1-3H3,(H,22,25). The smallest absolute Gasteiger partial charge is 0.310 e. The molecular formula is C21H23NO4. The Labute approximate surface area is 153 Å². The van der Waals surface area contributed by atoms with Crippen molar-refractivity contribution in [3.8, 4) is 0 Å². The van der Waals surface area contributed by atoms with Gasteiger partial charge in [-0.1, -0.05) is 43.7 Å². The number of aryl methyl sites for hydroxylation is 1. The van der Waals surface area contributed by atoms with Crippen molar-refractivity contribution in [2.75, 3.05) is 11.9 Å². The molecule has 0 aliphatic heterocycles. The summed E-state index contributed by atoms with van der Waals surface area (Å²) in [6.07, 6.45) is 0.133. The molecule has 0 saturated heterocycles. The molecule has 5 nitrogen and oxygen atoms in total. The lowest BCUT2D eigenvalue weighted by Gasteiger charge is -2.08. The van der Waals surface area contributed by atoms with Crippen molar-refractivity contribution in [1.82, 2.24) is 0 Å². The second-order valence-corrected chi connectivity index (χ2v) is 6.47. The third-order valence-corrected chi connectivity index (χ3v) is 3.83. The number of anilines is 1. The minimum absolute atomic E-state index is 0.0888. The Bertz CT molecular complexity index is 777. The molecule has 0 heterocycles. The third kappa shape index (κ3) is 5.84. The number of hydrogen-bond acceptors (Lipinski definition) is 4. The molecule has 0 spiro atoms. The molecule has 26 heavy (non-hydrogen) atoms. The van der Waals surface area contributed by atoms with E-state index in [9.17, 15) is 14.4 Å². The average molecular weight is 353 g/mol. The third-order valence-electron chi connectivity index (χ3n) is 3.83. The van der Waals surface area contributed by atoms with Crippen LogP contribution in [-0.2, 0) is 20.7 Å². The Morgan fingerprint density at radius 2 is 1.58 bits per heavy atom. The van der Waals surface area contributed by atoms with E-state index in [1.807, 2.05) is 31.2 Å². The highest BCUT2D eigenvalue weighted by molar-refractivity contribution is 5.99. The summed E-state index contributed by atoms with van der Waals surface area (Å²) >= 11 is 0. The fourth-order valence-electron chi connectivity index (χ4n) is 2.18. The van der Waals surface area contributed by atoms with Crippen LogP contribution in [0.3, 0.4) is 0 Å². The SMILES string of the molecule is Cc1ccc(CC(=O)OCC(=O)c2ccc(NC(=O)C(C)C)cc2)cc1. The normalized spacial score (nSPS) is 10.5. The highest BCUT2D eigenvalue weighted by atomic mass is 16.5. The van der Waals surface area contributed by atoms with E-state index in [1.54, 1.807) is 38.1 Å². The summed E-state index contributed by atoms with van der Waals surface area (Å²) in [6, 6.07) is 14.1. The molecule has 2 rings (SSSR count). The van der Waals surface area contributed by atoms with Crippen LogP contribution in [0.25, 0.3) is 0 Å². The van der Waals surface area contributed by atoms with Crippen molar-refractivity contribution < 1.29 is 19.1 Å². The second-order valence-electron chi connectivity index (χ2n) is 6.47. The van der Waals surface area contributed by atoms with Gasteiger partial charge in [0.1, 0.15) is 0 Å². The zero-order chi connectivity index (χ0) is 19.1. The number of amides is 1. The second kappa shape index (κ2) is 8.94. The first-order valence-electron chi connectivity index (χ1n) is 8.50. The fourth-order valence-corrected chi connectivity index (χ4v) is 2.18. The van der Waals surface area contributed by atoms with Gasteiger partial charge in [0.2, 0.25) is 5.91 Å². The molecular weight excluding hydrogens is 330 g/mol. The van der Waals surface area contributed by atoms with E-state index >= 15 is 0 Å². The summed E-state index contributed by atoms with van der Waals surface area (Å²) in [5.41, 5.74) is 3.01. The van der Waals surface area contributed by atoms with Crippen LogP contribution in [0.15, 0.2) is 48.5 Å². The van der Waals surface area contributed by atoms with Gasteiger partial charge in [-0.15, -0.1) is 0 Å². The van der Waals surface area contributed by atoms with Gasteiger partial charge in [0, 0.05) is 17.2 Å². The first kappa shape index (κ1) is 19.4. The summed E-state index contributed by atoms with van der Waals surface area (Å²) < 4.78 is 5.06. The maximum atomic E-state index is 12.1. The molecule has 136 valence electrons. The quantitative estimate of drug-likeness (QED) is 0.610. The van der Waals surface area contributed by atoms with Gasteiger partial charge in [-0.05, 0) is 36.8 Å². The van der Waals surface area contributed by atoms with E-state index in [-0.39, 0.29) is 30.6 Å². The van der Waals surface area contributed by atoms with Gasteiger partial charge in [0.05, 0.1) is 6.42 Å². The van der Waals surface area contributed by atoms with E-state index in [0.717, 1.165) is 11.1 Å². The van der Waals surface area contributed by atoms with Gasteiger partial charge in [-0.2, -0.15) is 0 Å². The summed E-state index contributed by atoms with van der Waals surface area (Å²) in [4.78, 5) is 35.6. The zero-order valence-electron chi connectivity index (χ0n) is 15.2. The van der Waals surface area contributed by atoms with E-state index in [2.05, 4.69) is 5.32 Å². The lowest BCUT2D eigenvalue weighted by Crippen LogP contribution is -2.18. The molecule has 0 radical (unpaired) electrons. The van der Waals surface area contributed by atoms with E-state index < -0.39 is 5.97 Å². The van der Waals surface area contributed by atoms with Crippen molar-refractivity contribution in [1.29, 1.82) is 0 Å². The fraction of sp³-hybridized carbons (Fsp3) is 0.286. The first-order chi connectivity index (χ1) is 12.3. The number of benzene rings is 2. The molecule has 0 unspecified atom stereocenters. The van der Waals surface area contributed by atoms with Crippen LogP contribution < -0.4 is 5.32 Å². The topological polar surface area (TPSA) is 72.5 Å². The lowest BCUT2D eigenvalue weighted by molar-refractivity contribution is -0.141. The Balaban J connectivity index is 1.84. The summed E-state index contributed by atoms with van der Waals surface area (Å²) in [5.74, 6) is -0.939. The number of ketones is 1. The van der Waals surface area contributed by atoms with Crippen LogP contribution in [0.4, 0.5) is 5.69 Å². The summed E-state index contributed by atoms with van der Waals surface area (Å²) in [7, 11) is 0. The largest absolute Gasteiger partial charge is 0.457 e. The van der Waals surface area contributed by atoms with Crippen LogP contribution >= 0.6 is 0 Å². The van der Waals surface area contributed by atoms with E-state index in [0.29, 0.717) is 11.3 Å². The summed E-state index contributed by atoms with van der Waals surface area (Å²) in [5, 5.41) is 2.75. The number of rotatable bonds is 7. The van der Waals surface area contributed by atoms with Crippen molar-refractivity contribution in [3.05, 3.63) is 65.2 Å². The molecule has 1 amide bonds. The number of carbonyl (C=O) groups is 3. The van der Waals surface area contributed by atoms with Gasteiger partial charge in [0.15, 0.2) is 12.4 Å². The van der Waals surface area contributed by atoms with Gasteiger partial charge < -0.3 is 10.1 Å². The van der Waals surface area contributed by atoms with Gasteiger partial charge >= 0.3 is 5.97 Å². The number of esters is 1. The zero-order valence-corrected chi connectivity index (χ0v) is 15.2. The van der Waals surface area contributed by atoms with Crippen LogP contribution in [0.5, 0.6) is 0 Å². The molecule has 1 N–H and O–H groups in total. The Morgan fingerprint density at radius 1 is 0.962 bits per heavy atom. The molecule has 0 bridgehead atoms. The molecule has 5 heteroatoms. The molecule has 0 atom stereocenters. The average Bonchev–Trinajstić information content (AvgIpc) is 2.62. The predicted molar refractivity (Wildman–Crippen MR) is 100 cm³/mol. The van der Waals surface area contributed by atoms with Gasteiger partial charge in [-0.25, -0.2) is 0 Å². The maximum Gasteiger partial charge on any atom is 0.310 e. The van der Waals surface area contributed by atoms with Crippen LogP contribution in [0.1, 0.15) is 35.3 Å². The number of nitrogens with one attached hydrogen (secondary N) is 1. The van der Waals surface area contributed by atoms with E-state index in [1.165, 1.54) is 0 Å². The molecule has 0 aliphatic rings. The van der Waals surface area contributed by atoms with E-state index in [4.69, 9.17) is 4.74 Å². The molecule has 0 aliphatic carbocycles. The Hall–Kier alpha value is -2.95. The van der Waals surface area contributed by atoms with Crippen molar-refractivity contribution in [3.63, 3.8) is 0 Å². The minimum Gasteiger partial charge on any atom is -0.457 e. The van der Waals surface area contributed by atoms with Crippen molar-refractivity contribution in [2.24, 2.45) is 5.92 Å². The molecule has 0 aromatic heterocycles. The van der Waals surface area contributed by atoms with Gasteiger partial charge in [0.25, 0.3) is 0 Å². The number of hydrogen-bond donors (Lipinski definition) is 1. The summed E-state index contributed by atoms with van der Waals surface area (Å²) in [6.45, 7) is 5.28. The minimum atomic E-state index is -0.442. The highest BCUT2D eigenvalue weighted by Gasteiger charge is 2.12. The number of Topliss-reactive ketones (excluding diaryl/α,β-unsaturated/α-hetero) is 1. The van der Waals surface area contributed by atoms with Crippen molar-refractivity contribution in [2.45, 2.75) is 27.2 Å². The van der Waals surface area contributed by atoms with Crippen molar-refractivity contribution >= 4 is 23.3 Å².